The van der Waals surface area contributed by atoms with E-state index in [-0.39, 0.29) is 22.8 Å². The zero-order chi connectivity index (χ0) is 15.7. The van der Waals surface area contributed by atoms with Gasteiger partial charge in [-0.1, -0.05) is 11.6 Å². The van der Waals surface area contributed by atoms with Gasteiger partial charge in [-0.3, -0.25) is 9.78 Å². The fourth-order valence-corrected chi connectivity index (χ4v) is 2.86. The number of rotatable bonds is 2. The highest BCUT2D eigenvalue weighted by Gasteiger charge is 2.26. The summed E-state index contributed by atoms with van der Waals surface area (Å²) in [4.78, 5) is 25.4. The van der Waals surface area contributed by atoms with Crippen molar-refractivity contribution < 1.29 is 4.74 Å². The summed E-state index contributed by atoms with van der Waals surface area (Å²) in [6, 6.07) is 3.58. The Morgan fingerprint density at radius 3 is 2.55 bits per heavy atom. The maximum Gasteiger partial charge on any atom is 0.272 e. The molecule has 0 aromatic carbocycles. The molecule has 2 unspecified atom stereocenters. The number of nitrogens with zero attached hydrogens (tertiary/aromatic N) is 3. The molecule has 116 valence electrons. The lowest BCUT2D eigenvalue weighted by Crippen LogP contribution is -2.46. The first kappa shape index (κ1) is 15.0. The van der Waals surface area contributed by atoms with E-state index in [1.165, 1.54) is 0 Å². The van der Waals surface area contributed by atoms with Gasteiger partial charge < -0.3 is 14.6 Å². The third-order valence-electron chi connectivity index (χ3n) is 3.52. The van der Waals surface area contributed by atoms with Gasteiger partial charge in [0.1, 0.15) is 10.8 Å². The third kappa shape index (κ3) is 2.98. The van der Waals surface area contributed by atoms with Gasteiger partial charge in [-0.15, -0.1) is 0 Å². The smallest absolute Gasteiger partial charge is 0.272 e. The number of hydrogen-bond donors (Lipinski definition) is 1. The third-order valence-corrected chi connectivity index (χ3v) is 3.86. The molecule has 1 fully saturated rings. The molecular weight excluding hydrogens is 304 g/mol. The van der Waals surface area contributed by atoms with Crippen molar-refractivity contribution in [3.05, 3.63) is 39.9 Å². The average molecular weight is 321 g/mol. The van der Waals surface area contributed by atoms with Crippen molar-refractivity contribution in [2.24, 2.45) is 0 Å². The van der Waals surface area contributed by atoms with Gasteiger partial charge >= 0.3 is 0 Å². The summed E-state index contributed by atoms with van der Waals surface area (Å²) in [6.07, 6.45) is 3.43. The number of aromatic amines is 1. The number of anilines is 1. The first-order valence-electron chi connectivity index (χ1n) is 7.15. The molecule has 3 rings (SSSR count). The van der Waals surface area contributed by atoms with E-state index < -0.39 is 0 Å². The van der Waals surface area contributed by atoms with Gasteiger partial charge in [-0.05, 0) is 26.0 Å². The predicted octanol–water partition coefficient (Wildman–Crippen LogP) is 2.10. The van der Waals surface area contributed by atoms with Crippen LogP contribution < -0.4 is 10.5 Å². The molecule has 1 aliphatic heterocycles. The standard InChI is InChI=1S/C15H17ClN4O2/c1-9-7-20(8-10(2)22-9)14-12(16)15(21)19-13(18-14)11-3-5-17-6-4-11/h3-6,9-10H,7-8H2,1-2H3,(H,18,19,21). The van der Waals surface area contributed by atoms with E-state index in [0.29, 0.717) is 24.7 Å². The summed E-state index contributed by atoms with van der Waals surface area (Å²) in [5, 5.41) is 0.110. The Labute approximate surface area is 133 Å². The van der Waals surface area contributed by atoms with Gasteiger partial charge in [0, 0.05) is 31.0 Å². The molecule has 0 spiro atoms. The lowest BCUT2D eigenvalue weighted by Gasteiger charge is -2.36. The Bertz CT molecular complexity index is 709. The normalized spacial score (nSPS) is 21.9. The highest BCUT2D eigenvalue weighted by Crippen LogP contribution is 2.25. The van der Waals surface area contributed by atoms with Crippen LogP contribution >= 0.6 is 11.6 Å². The van der Waals surface area contributed by atoms with Crippen LogP contribution in [0, 0.1) is 0 Å². The second-order valence-electron chi connectivity index (χ2n) is 5.45. The molecule has 6 nitrogen and oxygen atoms in total. The van der Waals surface area contributed by atoms with Gasteiger partial charge in [-0.25, -0.2) is 4.98 Å². The maximum absolute atomic E-state index is 12.1. The molecule has 0 bridgehead atoms. The van der Waals surface area contributed by atoms with Crippen LogP contribution in [0.4, 0.5) is 5.82 Å². The number of hydrogen-bond acceptors (Lipinski definition) is 5. The SMILES string of the molecule is CC1CN(c2nc(-c3ccncc3)[nH]c(=O)c2Cl)CC(C)O1. The first-order valence-corrected chi connectivity index (χ1v) is 7.53. The monoisotopic (exact) mass is 320 g/mol. The fourth-order valence-electron chi connectivity index (χ4n) is 2.65. The van der Waals surface area contributed by atoms with E-state index in [9.17, 15) is 4.79 Å². The second kappa shape index (κ2) is 6.06. The van der Waals surface area contributed by atoms with Gasteiger partial charge in [0.2, 0.25) is 0 Å². The number of nitrogens with one attached hydrogen (secondary N) is 1. The molecule has 7 heteroatoms. The lowest BCUT2D eigenvalue weighted by molar-refractivity contribution is -0.00545. The highest BCUT2D eigenvalue weighted by molar-refractivity contribution is 6.32. The molecular formula is C15H17ClN4O2. The Morgan fingerprint density at radius 1 is 1.27 bits per heavy atom. The molecule has 0 radical (unpaired) electrons. The summed E-state index contributed by atoms with van der Waals surface area (Å²) >= 11 is 6.18. The molecule has 0 amide bonds. The van der Waals surface area contributed by atoms with Crippen molar-refractivity contribution >= 4 is 17.4 Å². The molecule has 0 saturated carbocycles. The number of morpholine rings is 1. The topological polar surface area (TPSA) is 71.1 Å². The molecule has 2 aromatic heterocycles. The Balaban J connectivity index is 2.04. The van der Waals surface area contributed by atoms with Crippen molar-refractivity contribution in [2.45, 2.75) is 26.1 Å². The van der Waals surface area contributed by atoms with E-state index >= 15 is 0 Å². The molecule has 3 heterocycles. The van der Waals surface area contributed by atoms with Crippen LogP contribution in [0.15, 0.2) is 29.3 Å². The van der Waals surface area contributed by atoms with Crippen molar-refractivity contribution in [3.8, 4) is 11.4 Å². The van der Waals surface area contributed by atoms with Gasteiger partial charge in [0.25, 0.3) is 5.56 Å². The van der Waals surface area contributed by atoms with Gasteiger partial charge in [-0.2, -0.15) is 0 Å². The van der Waals surface area contributed by atoms with E-state index in [1.54, 1.807) is 24.5 Å². The molecule has 22 heavy (non-hydrogen) atoms. The summed E-state index contributed by atoms with van der Waals surface area (Å²) in [5.41, 5.74) is 0.449. The van der Waals surface area contributed by atoms with E-state index in [2.05, 4.69) is 15.0 Å². The summed E-state index contributed by atoms with van der Waals surface area (Å²) in [7, 11) is 0. The van der Waals surface area contributed by atoms with Gasteiger partial charge in [0.15, 0.2) is 5.82 Å². The zero-order valence-corrected chi connectivity index (χ0v) is 13.2. The molecule has 2 atom stereocenters. The molecule has 0 aliphatic carbocycles. The van der Waals surface area contributed by atoms with Crippen LogP contribution in [0.3, 0.4) is 0 Å². The average Bonchev–Trinajstić information content (AvgIpc) is 2.49. The Morgan fingerprint density at radius 2 is 1.91 bits per heavy atom. The van der Waals surface area contributed by atoms with E-state index in [4.69, 9.17) is 16.3 Å². The van der Waals surface area contributed by atoms with Crippen LogP contribution in [-0.2, 0) is 4.74 Å². The van der Waals surface area contributed by atoms with Crippen LogP contribution in [0.2, 0.25) is 5.02 Å². The second-order valence-corrected chi connectivity index (χ2v) is 5.83. The van der Waals surface area contributed by atoms with Crippen molar-refractivity contribution in [1.29, 1.82) is 0 Å². The Hall–Kier alpha value is -1.92. The zero-order valence-electron chi connectivity index (χ0n) is 12.4. The number of aromatic nitrogens is 3. The Kier molecular flexibility index (Phi) is 4.13. The summed E-state index contributed by atoms with van der Waals surface area (Å²) < 4.78 is 5.72. The van der Waals surface area contributed by atoms with Crippen LogP contribution in [-0.4, -0.2) is 40.2 Å². The van der Waals surface area contributed by atoms with Crippen LogP contribution in [0.25, 0.3) is 11.4 Å². The van der Waals surface area contributed by atoms with E-state index in [1.807, 2.05) is 18.7 Å². The predicted molar refractivity (Wildman–Crippen MR) is 85.3 cm³/mol. The van der Waals surface area contributed by atoms with Crippen molar-refractivity contribution in [1.82, 2.24) is 15.0 Å². The first-order chi connectivity index (χ1) is 10.5. The number of H-pyrrole nitrogens is 1. The summed E-state index contributed by atoms with van der Waals surface area (Å²) in [6.45, 7) is 5.29. The lowest BCUT2D eigenvalue weighted by atomic mass is 10.2. The van der Waals surface area contributed by atoms with Crippen molar-refractivity contribution in [3.63, 3.8) is 0 Å². The highest BCUT2D eigenvalue weighted by atomic mass is 35.5. The minimum absolute atomic E-state index is 0.0604. The molecule has 1 saturated heterocycles. The summed E-state index contributed by atoms with van der Waals surface area (Å²) in [5.74, 6) is 0.984. The fraction of sp³-hybridized carbons (Fsp3) is 0.400. The quantitative estimate of drug-likeness (QED) is 0.917. The van der Waals surface area contributed by atoms with Gasteiger partial charge in [0.05, 0.1) is 12.2 Å². The molecule has 1 N–H and O–H groups in total. The number of halogens is 1. The van der Waals surface area contributed by atoms with Crippen molar-refractivity contribution in [2.75, 3.05) is 18.0 Å². The van der Waals surface area contributed by atoms with E-state index in [0.717, 1.165) is 5.56 Å². The maximum atomic E-state index is 12.1. The minimum Gasteiger partial charge on any atom is -0.372 e. The molecule has 1 aliphatic rings. The number of pyridine rings is 1. The minimum atomic E-state index is -0.342. The molecule has 2 aromatic rings. The van der Waals surface area contributed by atoms with Crippen LogP contribution in [0.1, 0.15) is 13.8 Å². The number of ether oxygens (including phenoxy) is 1. The van der Waals surface area contributed by atoms with Crippen LogP contribution in [0.5, 0.6) is 0 Å². The largest absolute Gasteiger partial charge is 0.372 e.